The van der Waals surface area contributed by atoms with Gasteiger partial charge in [-0.05, 0) is 48.7 Å². The van der Waals surface area contributed by atoms with E-state index in [9.17, 15) is 0 Å². The van der Waals surface area contributed by atoms with Gasteiger partial charge in [-0.2, -0.15) is 0 Å². The highest BCUT2D eigenvalue weighted by Crippen LogP contribution is 2.49. The predicted octanol–water partition coefficient (Wildman–Crippen LogP) is 6.18. The molecule has 1 aliphatic heterocycles. The van der Waals surface area contributed by atoms with E-state index in [1.54, 1.807) is 0 Å². The Bertz CT molecular complexity index is 694. The third-order valence-corrected chi connectivity index (χ3v) is 6.06. The Kier molecular flexibility index (Phi) is 4.54. The first-order valence-electron chi connectivity index (χ1n) is 7.33. The molecule has 0 amide bonds. The summed E-state index contributed by atoms with van der Waals surface area (Å²) in [7, 11) is 0. The van der Waals surface area contributed by atoms with Crippen molar-refractivity contribution in [3.8, 4) is 0 Å². The molecule has 1 nitrogen and oxygen atoms in total. The highest BCUT2D eigenvalue weighted by Gasteiger charge is 2.40. The molecule has 0 saturated heterocycles. The summed E-state index contributed by atoms with van der Waals surface area (Å²) in [5, 5.41) is 1.85. The predicted molar refractivity (Wildman–Crippen MR) is 98.5 cm³/mol. The SMILES string of the molecule is CCC1(c2ccc(Cl)cc2)N=C(c2ccc(Cl)cc2)C(C)S1. The zero-order chi connectivity index (χ0) is 15.7. The van der Waals surface area contributed by atoms with Crippen molar-refractivity contribution in [3.63, 3.8) is 0 Å². The van der Waals surface area contributed by atoms with Crippen molar-refractivity contribution < 1.29 is 0 Å². The summed E-state index contributed by atoms with van der Waals surface area (Å²) < 4.78 is 0. The van der Waals surface area contributed by atoms with Gasteiger partial charge in [0, 0.05) is 15.3 Å². The lowest BCUT2D eigenvalue weighted by molar-refractivity contribution is 0.642. The second-order valence-corrected chi connectivity index (χ2v) is 7.90. The average molecular weight is 350 g/mol. The van der Waals surface area contributed by atoms with Gasteiger partial charge >= 0.3 is 0 Å². The van der Waals surface area contributed by atoms with Crippen LogP contribution in [-0.4, -0.2) is 11.0 Å². The Hall–Kier alpha value is -0.960. The molecular formula is C18H17Cl2NS. The van der Waals surface area contributed by atoms with E-state index in [4.69, 9.17) is 28.2 Å². The van der Waals surface area contributed by atoms with Gasteiger partial charge < -0.3 is 0 Å². The van der Waals surface area contributed by atoms with Gasteiger partial charge in [-0.25, -0.2) is 0 Å². The van der Waals surface area contributed by atoms with Crippen LogP contribution >= 0.6 is 35.0 Å². The molecule has 0 fully saturated rings. The van der Waals surface area contributed by atoms with E-state index >= 15 is 0 Å². The first-order chi connectivity index (χ1) is 10.5. The zero-order valence-electron chi connectivity index (χ0n) is 12.5. The van der Waals surface area contributed by atoms with Crippen LogP contribution in [0.2, 0.25) is 10.0 Å². The summed E-state index contributed by atoms with van der Waals surface area (Å²) in [6.07, 6.45) is 0.945. The normalized spacial score (nSPS) is 24.4. The number of rotatable bonds is 3. The summed E-state index contributed by atoms with van der Waals surface area (Å²) >= 11 is 13.9. The molecule has 2 aromatic rings. The minimum atomic E-state index is -0.223. The molecule has 4 heteroatoms. The van der Waals surface area contributed by atoms with Gasteiger partial charge in [-0.15, -0.1) is 11.8 Å². The molecule has 2 aromatic carbocycles. The maximum Gasteiger partial charge on any atom is 0.132 e. The number of halogens is 2. The van der Waals surface area contributed by atoms with Gasteiger partial charge in [0.15, 0.2) is 0 Å². The molecule has 22 heavy (non-hydrogen) atoms. The Morgan fingerprint density at radius 1 is 1.00 bits per heavy atom. The van der Waals surface area contributed by atoms with Crippen molar-refractivity contribution in [2.24, 2.45) is 4.99 Å². The summed E-state index contributed by atoms with van der Waals surface area (Å²) in [5.41, 5.74) is 3.49. The first-order valence-corrected chi connectivity index (χ1v) is 8.97. The van der Waals surface area contributed by atoms with Crippen molar-refractivity contribution in [2.45, 2.75) is 30.4 Å². The van der Waals surface area contributed by atoms with Crippen LogP contribution in [0.5, 0.6) is 0 Å². The molecule has 2 unspecified atom stereocenters. The van der Waals surface area contributed by atoms with Crippen LogP contribution in [0.4, 0.5) is 0 Å². The Morgan fingerprint density at radius 3 is 2.09 bits per heavy atom. The number of hydrogen-bond donors (Lipinski definition) is 0. The molecule has 3 rings (SSSR count). The number of benzene rings is 2. The topological polar surface area (TPSA) is 12.4 Å². The minimum absolute atomic E-state index is 0.223. The van der Waals surface area contributed by atoms with E-state index in [-0.39, 0.29) is 4.87 Å². The molecule has 0 saturated carbocycles. The van der Waals surface area contributed by atoms with Crippen LogP contribution in [0.25, 0.3) is 0 Å². The largest absolute Gasteiger partial charge is 0.266 e. The molecule has 114 valence electrons. The number of aliphatic imine (C=N–C) groups is 1. The van der Waals surface area contributed by atoms with E-state index in [1.165, 1.54) is 5.56 Å². The van der Waals surface area contributed by atoms with Crippen LogP contribution < -0.4 is 0 Å². The van der Waals surface area contributed by atoms with Crippen molar-refractivity contribution >= 4 is 40.7 Å². The van der Waals surface area contributed by atoms with Gasteiger partial charge in [0.05, 0.1) is 5.71 Å². The lowest BCUT2D eigenvalue weighted by Crippen LogP contribution is -2.15. The highest BCUT2D eigenvalue weighted by molar-refractivity contribution is 8.01. The maximum absolute atomic E-state index is 6.02. The average Bonchev–Trinajstić information content (AvgIpc) is 2.87. The summed E-state index contributed by atoms with van der Waals surface area (Å²) in [4.78, 5) is 4.89. The molecule has 0 aromatic heterocycles. The summed E-state index contributed by atoms with van der Waals surface area (Å²) in [6.45, 7) is 4.40. The molecule has 0 aliphatic carbocycles. The van der Waals surface area contributed by atoms with Gasteiger partial charge in [0.2, 0.25) is 0 Å². The first kappa shape index (κ1) is 15.9. The van der Waals surface area contributed by atoms with E-state index in [0.29, 0.717) is 5.25 Å². The van der Waals surface area contributed by atoms with Crippen molar-refractivity contribution in [3.05, 3.63) is 69.7 Å². The van der Waals surface area contributed by atoms with E-state index in [1.807, 2.05) is 48.2 Å². The van der Waals surface area contributed by atoms with E-state index in [0.717, 1.165) is 27.7 Å². The standard InChI is InChI=1S/C18H17Cl2NS/c1-3-18(14-6-10-16(20)11-7-14)21-17(12(2)22-18)13-4-8-15(19)9-5-13/h4-12H,3H2,1-2H3. The number of nitrogens with zero attached hydrogens (tertiary/aromatic N) is 1. The molecule has 1 aliphatic rings. The molecule has 0 bridgehead atoms. The minimum Gasteiger partial charge on any atom is -0.266 e. The van der Waals surface area contributed by atoms with Crippen LogP contribution in [0.3, 0.4) is 0 Å². The molecule has 0 spiro atoms. The van der Waals surface area contributed by atoms with Crippen LogP contribution in [0.15, 0.2) is 53.5 Å². The molecule has 0 radical (unpaired) electrons. The van der Waals surface area contributed by atoms with Crippen molar-refractivity contribution in [2.75, 3.05) is 0 Å². The molecular weight excluding hydrogens is 333 g/mol. The van der Waals surface area contributed by atoms with Gasteiger partial charge in [0.25, 0.3) is 0 Å². The second-order valence-electron chi connectivity index (χ2n) is 5.41. The van der Waals surface area contributed by atoms with E-state index < -0.39 is 0 Å². The van der Waals surface area contributed by atoms with Crippen molar-refractivity contribution in [1.29, 1.82) is 0 Å². The number of thioether (sulfide) groups is 1. The summed E-state index contributed by atoms with van der Waals surface area (Å²) in [6, 6.07) is 16.0. The molecule has 2 atom stereocenters. The van der Waals surface area contributed by atoms with Gasteiger partial charge in [0.1, 0.15) is 4.87 Å². The zero-order valence-corrected chi connectivity index (χ0v) is 14.8. The van der Waals surface area contributed by atoms with E-state index in [2.05, 4.69) is 26.0 Å². The fourth-order valence-corrected chi connectivity index (χ4v) is 4.52. The Morgan fingerprint density at radius 2 is 1.55 bits per heavy atom. The fourth-order valence-electron chi connectivity index (χ4n) is 2.79. The monoisotopic (exact) mass is 349 g/mol. The lowest BCUT2D eigenvalue weighted by Gasteiger charge is -2.25. The maximum atomic E-state index is 6.02. The van der Waals surface area contributed by atoms with Gasteiger partial charge in [-0.3, -0.25) is 4.99 Å². The van der Waals surface area contributed by atoms with Crippen LogP contribution in [-0.2, 0) is 4.87 Å². The number of hydrogen-bond acceptors (Lipinski definition) is 2. The third-order valence-electron chi connectivity index (χ3n) is 3.97. The molecule has 0 N–H and O–H groups in total. The Balaban J connectivity index is 2.03. The summed E-state index contributed by atoms with van der Waals surface area (Å²) in [5.74, 6) is 0. The smallest absolute Gasteiger partial charge is 0.132 e. The quantitative estimate of drug-likeness (QED) is 0.644. The van der Waals surface area contributed by atoms with Crippen LogP contribution in [0.1, 0.15) is 31.4 Å². The van der Waals surface area contributed by atoms with Gasteiger partial charge in [-0.1, -0.05) is 54.4 Å². The van der Waals surface area contributed by atoms with Crippen molar-refractivity contribution in [1.82, 2.24) is 0 Å². The Labute approximate surface area is 145 Å². The second kappa shape index (κ2) is 6.27. The fraction of sp³-hybridized carbons (Fsp3) is 0.278. The molecule has 1 heterocycles. The highest BCUT2D eigenvalue weighted by atomic mass is 35.5. The van der Waals surface area contributed by atoms with Crippen LogP contribution in [0, 0.1) is 0 Å². The third kappa shape index (κ3) is 2.92. The lowest BCUT2D eigenvalue weighted by atomic mass is 10.0.